The summed E-state index contributed by atoms with van der Waals surface area (Å²) in [5.41, 5.74) is 0.802. The fourth-order valence-corrected chi connectivity index (χ4v) is 2.08. The quantitative estimate of drug-likeness (QED) is 0.903. The number of carboxylic acid groups (broad SMARTS) is 1. The highest BCUT2D eigenvalue weighted by Crippen LogP contribution is 2.17. The average molecular weight is 277 g/mol. The van der Waals surface area contributed by atoms with Gasteiger partial charge in [-0.2, -0.15) is 0 Å². The maximum Gasteiger partial charge on any atom is 0.411 e. The molecule has 20 heavy (non-hydrogen) atoms. The fraction of sp³-hybridized carbons (Fsp3) is 0.357. The van der Waals surface area contributed by atoms with Gasteiger partial charge in [-0.25, -0.2) is 9.59 Å². The second-order valence-corrected chi connectivity index (χ2v) is 4.60. The van der Waals surface area contributed by atoms with E-state index >= 15 is 0 Å². The smallest absolute Gasteiger partial charge is 0.411 e. The van der Waals surface area contributed by atoms with Gasteiger partial charge in [-0.15, -0.1) is 0 Å². The Kier molecular flexibility index (Phi) is 4.34. The third-order valence-electron chi connectivity index (χ3n) is 3.14. The molecule has 0 unspecified atom stereocenters. The predicted octanol–water partition coefficient (Wildman–Crippen LogP) is 1.44. The van der Waals surface area contributed by atoms with E-state index in [-0.39, 0.29) is 31.8 Å². The molecule has 0 aromatic heterocycles. The molecule has 1 aliphatic heterocycles. The van der Waals surface area contributed by atoms with E-state index in [1.807, 2.05) is 18.2 Å². The molecule has 1 aliphatic rings. The summed E-state index contributed by atoms with van der Waals surface area (Å²) in [4.78, 5) is 35.4. The minimum atomic E-state index is -1.12. The van der Waals surface area contributed by atoms with Gasteiger partial charge in [0.15, 0.2) is 5.78 Å². The summed E-state index contributed by atoms with van der Waals surface area (Å²) in [5.74, 6) is -1.27. The van der Waals surface area contributed by atoms with Gasteiger partial charge in [0.2, 0.25) is 0 Å². The van der Waals surface area contributed by atoms with Crippen LogP contribution in [0, 0.1) is 0 Å². The van der Waals surface area contributed by atoms with Crippen LogP contribution in [0.15, 0.2) is 30.3 Å². The number of ketones is 1. The van der Waals surface area contributed by atoms with E-state index in [1.54, 1.807) is 12.1 Å². The first-order valence-corrected chi connectivity index (χ1v) is 6.30. The number of nitrogens with zero attached hydrogens (tertiary/aromatic N) is 1. The molecule has 2 rings (SSSR count). The molecule has 0 radical (unpaired) electrons. The van der Waals surface area contributed by atoms with E-state index in [0.29, 0.717) is 0 Å². The minimum Gasteiger partial charge on any atom is -0.480 e. The number of aliphatic carboxylic acids is 1. The number of hydrogen-bond acceptors (Lipinski definition) is 4. The van der Waals surface area contributed by atoms with Crippen LogP contribution in [0.2, 0.25) is 0 Å². The number of carboxylic acids is 1. The van der Waals surface area contributed by atoms with Crippen LogP contribution in [0.5, 0.6) is 0 Å². The van der Waals surface area contributed by atoms with E-state index in [4.69, 9.17) is 9.84 Å². The molecule has 106 valence electrons. The number of Topliss-reactive ketones (excluding diaryl/α,β-unsaturated/α-hetero) is 1. The minimum absolute atomic E-state index is 0.0523. The van der Waals surface area contributed by atoms with Gasteiger partial charge in [0.25, 0.3) is 0 Å². The van der Waals surface area contributed by atoms with Crippen molar-refractivity contribution in [1.82, 2.24) is 4.90 Å². The van der Waals surface area contributed by atoms with Crippen LogP contribution in [0.4, 0.5) is 4.79 Å². The summed E-state index contributed by atoms with van der Waals surface area (Å²) in [7, 11) is 0. The van der Waals surface area contributed by atoms with Crippen LogP contribution < -0.4 is 0 Å². The van der Waals surface area contributed by atoms with E-state index in [2.05, 4.69) is 0 Å². The van der Waals surface area contributed by atoms with Crippen molar-refractivity contribution in [3.05, 3.63) is 35.9 Å². The van der Waals surface area contributed by atoms with Gasteiger partial charge in [-0.1, -0.05) is 30.3 Å². The van der Waals surface area contributed by atoms with Gasteiger partial charge >= 0.3 is 12.1 Å². The maximum atomic E-state index is 11.9. The molecule has 0 bridgehead atoms. The van der Waals surface area contributed by atoms with Crippen molar-refractivity contribution >= 4 is 17.8 Å². The topological polar surface area (TPSA) is 83.9 Å². The third kappa shape index (κ3) is 3.34. The first-order valence-electron chi connectivity index (χ1n) is 6.30. The summed E-state index contributed by atoms with van der Waals surface area (Å²) >= 11 is 0. The lowest BCUT2D eigenvalue weighted by Gasteiger charge is -2.31. The molecule has 1 aromatic carbocycles. The summed E-state index contributed by atoms with van der Waals surface area (Å²) in [6, 6.07) is 8.07. The third-order valence-corrected chi connectivity index (χ3v) is 3.14. The Hall–Kier alpha value is -2.37. The Bertz CT molecular complexity index is 514. The molecule has 0 aliphatic carbocycles. The summed E-state index contributed by atoms with van der Waals surface area (Å²) < 4.78 is 5.07. The molecule has 6 heteroatoms. The SMILES string of the molecule is O=C1CC[C@@H](C(=O)O)N(C(=O)OCc2ccccc2)C1. The monoisotopic (exact) mass is 277 g/mol. The number of likely N-dealkylation sites (tertiary alicyclic amines) is 1. The second kappa shape index (κ2) is 6.18. The van der Waals surface area contributed by atoms with E-state index in [0.717, 1.165) is 10.5 Å². The van der Waals surface area contributed by atoms with Crippen molar-refractivity contribution in [2.45, 2.75) is 25.5 Å². The zero-order valence-corrected chi connectivity index (χ0v) is 10.8. The Morgan fingerprint density at radius 3 is 2.65 bits per heavy atom. The maximum absolute atomic E-state index is 11.9. The van der Waals surface area contributed by atoms with Crippen LogP contribution in [0.25, 0.3) is 0 Å². The Morgan fingerprint density at radius 2 is 2.00 bits per heavy atom. The average Bonchev–Trinajstić information content (AvgIpc) is 2.45. The lowest BCUT2D eigenvalue weighted by Crippen LogP contribution is -2.51. The van der Waals surface area contributed by atoms with Crippen LogP contribution in [0.3, 0.4) is 0 Å². The van der Waals surface area contributed by atoms with Gasteiger partial charge in [-0.3, -0.25) is 9.69 Å². The lowest BCUT2D eigenvalue weighted by atomic mass is 10.0. The van der Waals surface area contributed by atoms with Crippen molar-refractivity contribution in [3.8, 4) is 0 Å². The highest BCUT2D eigenvalue weighted by atomic mass is 16.6. The number of hydrogen-bond donors (Lipinski definition) is 1. The summed E-state index contributed by atoms with van der Waals surface area (Å²) in [6.07, 6.45) is -0.456. The zero-order valence-electron chi connectivity index (χ0n) is 10.8. The van der Waals surface area contributed by atoms with E-state index < -0.39 is 18.1 Å². The van der Waals surface area contributed by atoms with E-state index in [1.165, 1.54) is 0 Å². The Morgan fingerprint density at radius 1 is 1.30 bits per heavy atom. The molecule has 0 saturated carbocycles. The van der Waals surface area contributed by atoms with Gasteiger partial charge in [0, 0.05) is 6.42 Å². The molecular weight excluding hydrogens is 262 g/mol. The number of ether oxygens (including phenoxy) is 1. The fourth-order valence-electron chi connectivity index (χ4n) is 2.08. The van der Waals surface area contributed by atoms with Crippen LogP contribution >= 0.6 is 0 Å². The number of carbonyl (C=O) groups is 3. The van der Waals surface area contributed by atoms with Gasteiger partial charge in [0.05, 0.1) is 6.54 Å². The van der Waals surface area contributed by atoms with E-state index in [9.17, 15) is 14.4 Å². The lowest BCUT2D eigenvalue weighted by molar-refractivity contribution is -0.145. The highest BCUT2D eigenvalue weighted by Gasteiger charge is 2.36. The molecule has 1 N–H and O–H groups in total. The van der Waals surface area contributed by atoms with Crippen molar-refractivity contribution in [1.29, 1.82) is 0 Å². The second-order valence-electron chi connectivity index (χ2n) is 4.60. The number of rotatable bonds is 3. The molecule has 1 amide bonds. The van der Waals surface area contributed by atoms with Crippen LogP contribution in [-0.4, -0.2) is 40.4 Å². The van der Waals surface area contributed by atoms with Crippen molar-refractivity contribution in [3.63, 3.8) is 0 Å². The van der Waals surface area contributed by atoms with Crippen molar-refractivity contribution < 1.29 is 24.2 Å². The van der Waals surface area contributed by atoms with Crippen LogP contribution in [0.1, 0.15) is 18.4 Å². The van der Waals surface area contributed by atoms with Crippen LogP contribution in [-0.2, 0) is 20.9 Å². The number of piperidine rings is 1. The van der Waals surface area contributed by atoms with Gasteiger partial charge in [0.1, 0.15) is 12.6 Å². The van der Waals surface area contributed by atoms with Crippen molar-refractivity contribution in [2.24, 2.45) is 0 Å². The molecule has 1 heterocycles. The standard InChI is InChI=1S/C14H15NO5/c16-11-6-7-12(13(17)18)15(8-11)14(19)20-9-10-4-2-1-3-5-10/h1-5,12H,6-9H2,(H,17,18)/t12-/m0/s1. The van der Waals surface area contributed by atoms with Gasteiger partial charge in [-0.05, 0) is 12.0 Å². The molecule has 6 nitrogen and oxygen atoms in total. The number of carbonyl (C=O) groups excluding carboxylic acids is 2. The molecule has 1 saturated heterocycles. The molecular formula is C14H15NO5. The summed E-state index contributed by atoms with van der Waals surface area (Å²) in [5, 5.41) is 9.07. The molecule has 1 aromatic rings. The predicted molar refractivity (Wildman–Crippen MR) is 69.0 cm³/mol. The Labute approximate surface area is 115 Å². The number of benzene rings is 1. The largest absolute Gasteiger partial charge is 0.480 e. The normalized spacial score (nSPS) is 18.7. The zero-order chi connectivity index (χ0) is 14.5. The first-order chi connectivity index (χ1) is 9.58. The molecule has 0 spiro atoms. The number of amides is 1. The first kappa shape index (κ1) is 14.0. The van der Waals surface area contributed by atoms with Gasteiger partial charge < -0.3 is 9.84 Å². The molecule has 1 fully saturated rings. The summed E-state index contributed by atoms with van der Waals surface area (Å²) in [6.45, 7) is -0.151. The molecule has 1 atom stereocenters. The van der Waals surface area contributed by atoms with Crippen molar-refractivity contribution in [2.75, 3.05) is 6.54 Å². The highest BCUT2D eigenvalue weighted by molar-refractivity contribution is 5.89. The Balaban J connectivity index is 1.98.